The third-order valence-electron chi connectivity index (χ3n) is 7.46. The van der Waals surface area contributed by atoms with E-state index in [4.69, 9.17) is 16.3 Å². The molecule has 0 saturated heterocycles. The molecule has 3 aromatic carbocycles. The average Bonchev–Trinajstić information content (AvgIpc) is 3.00. The molecule has 1 aliphatic rings. The Morgan fingerprint density at radius 3 is 2.26 bits per heavy atom. The van der Waals surface area contributed by atoms with Crippen LogP contribution in [0.25, 0.3) is 0 Å². The fraction of sp³-hybridized carbons (Fsp3) is 0.355. The van der Waals surface area contributed by atoms with Crippen LogP contribution in [0.3, 0.4) is 0 Å². The van der Waals surface area contributed by atoms with Gasteiger partial charge in [-0.1, -0.05) is 49.1 Å². The van der Waals surface area contributed by atoms with Gasteiger partial charge in [0.25, 0.3) is 10.0 Å². The molecule has 0 spiro atoms. The molecule has 0 radical (unpaired) electrons. The Labute approximate surface area is 251 Å². The monoisotopic (exact) mass is 615 g/mol. The minimum atomic E-state index is -4.29. The van der Waals surface area contributed by atoms with E-state index in [2.05, 4.69) is 5.32 Å². The first kappa shape index (κ1) is 31.3. The van der Waals surface area contributed by atoms with E-state index in [1.165, 1.54) is 48.4 Å². The van der Waals surface area contributed by atoms with E-state index in [1.54, 1.807) is 31.2 Å². The van der Waals surface area contributed by atoms with Crippen molar-refractivity contribution < 1.29 is 27.1 Å². The van der Waals surface area contributed by atoms with E-state index < -0.39 is 34.3 Å². The van der Waals surface area contributed by atoms with Crippen molar-refractivity contribution in [3.8, 4) is 5.75 Å². The number of carbonyl (C=O) groups excluding carboxylic acids is 2. The Kier molecular flexibility index (Phi) is 10.5. The molecule has 3 aromatic rings. The first-order valence-electron chi connectivity index (χ1n) is 13.9. The van der Waals surface area contributed by atoms with Crippen molar-refractivity contribution >= 4 is 39.1 Å². The van der Waals surface area contributed by atoms with Gasteiger partial charge in [0.2, 0.25) is 11.8 Å². The van der Waals surface area contributed by atoms with Gasteiger partial charge < -0.3 is 15.0 Å². The van der Waals surface area contributed by atoms with E-state index in [0.717, 1.165) is 48.5 Å². The number of anilines is 1. The Hall–Kier alpha value is -3.63. The number of hydrogen-bond acceptors (Lipinski definition) is 5. The van der Waals surface area contributed by atoms with Crippen LogP contribution >= 0.6 is 11.6 Å². The lowest BCUT2D eigenvalue weighted by Gasteiger charge is -2.33. The summed E-state index contributed by atoms with van der Waals surface area (Å²) in [7, 11) is -2.82. The Balaban J connectivity index is 1.68. The van der Waals surface area contributed by atoms with Gasteiger partial charge in [0.15, 0.2) is 0 Å². The number of ether oxygens (including phenoxy) is 1. The average molecular weight is 616 g/mol. The zero-order valence-corrected chi connectivity index (χ0v) is 25.2. The van der Waals surface area contributed by atoms with Gasteiger partial charge in [0.1, 0.15) is 24.2 Å². The summed E-state index contributed by atoms with van der Waals surface area (Å²) in [6.45, 7) is 0.968. The normalized spacial score (nSPS) is 14.6. The molecule has 0 bridgehead atoms. The zero-order valence-electron chi connectivity index (χ0n) is 23.6. The van der Waals surface area contributed by atoms with E-state index in [-0.39, 0.29) is 29.1 Å². The standard InChI is InChI=1S/C31H35ClFN3O5S/c1-22(31(38)34-25-9-4-3-5-10-25)35(20-23-8-6-7-11-29(23)32)30(37)21-36(26-14-12-24(33)13-15-26)42(39,40)28-18-16-27(41-2)17-19-28/h6-8,11-19,22,25H,3-5,9-10,20-21H2,1-2H3,(H,34,38)/t22-/m1/s1. The second kappa shape index (κ2) is 14.0. The lowest BCUT2D eigenvalue weighted by Crippen LogP contribution is -2.53. The van der Waals surface area contributed by atoms with Crippen molar-refractivity contribution in [2.75, 3.05) is 18.0 Å². The number of hydrogen-bond donors (Lipinski definition) is 1. The lowest BCUT2D eigenvalue weighted by molar-refractivity contribution is -0.139. The van der Waals surface area contributed by atoms with Crippen LogP contribution in [0, 0.1) is 5.82 Å². The van der Waals surface area contributed by atoms with Crippen LogP contribution in [0.4, 0.5) is 10.1 Å². The van der Waals surface area contributed by atoms with Crippen molar-refractivity contribution in [2.45, 2.75) is 62.6 Å². The SMILES string of the molecule is COc1ccc(S(=O)(=O)N(CC(=O)N(Cc2ccccc2Cl)[C@H](C)C(=O)NC2CCCCC2)c2ccc(F)cc2)cc1. The van der Waals surface area contributed by atoms with E-state index in [0.29, 0.717) is 16.3 Å². The quantitative estimate of drug-likeness (QED) is 0.305. The summed E-state index contributed by atoms with van der Waals surface area (Å²) in [5, 5.41) is 3.47. The van der Waals surface area contributed by atoms with Crippen molar-refractivity contribution in [3.63, 3.8) is 0 Å². The summed E-state index contributed by atoms with van der Waals surface area (Å²) < 4.78 is 47.6. The van der Waals surface area contributed by atoms with Gasteiger partial charge in [-0.05, 0) is 79.9 Å². The van der Waals surface area contributed by atoms with Crippen LogP contribution < -0.4 is 14.4 Å². The van der Waals surface area contributed by atoms with Gasteiger partial charge in [-0.3, -0.25) is 13.9 Å². The highest BCUT2D eigenvalue weighted by atomic mass is 35.5. The summed E-state index contributed by atoms with van der Waals surface area (Å²) in [6.07, 6.45) is 4.92. The molecule has 1 atom stereocenters. The van der Waals surface area contributed by atoms with E-state index in [9.17, 15) is 22.4 Å². The van der Waals surface area contributed by atoms with Gasteiger partial charge in [-0.25, -0.2) is 12.8 Å². The van der Waals surface area contributed by atoms with Crippen molar-refractivity contribution in [2.24, 2.45) is 0 Å². The van der Waals surface area contributed by atoms with E-state index >= 15 is 0 Å². The molecule has 1 aliphatic carbocycles. The second-order valence-corrected chi connectivity index (χ2v) is 12.6. The number of nitrogens with one attached hydrogen (secondary N) is 1. The Morgan fingerprint density at radius 1 is 1.00 bits per heavy atom. The first-order valence-corrected chi connectivity index (χ1v) is 15.7. The maximum Gasteiger partial charge on any atom is 0.264 e. The van der Waals surface area contributed by atoms with Crippen LogP contribution in [-0.2, 0) is 26.2 Å². The number of rotatable bonds is 11. The van der Waals surface area contributed by atoms with Gasteiger partial charge in [0.05, 0.1) is 17.7 Å². The molecule has 224 valence electrons. The fourth-order valence-electron chi connectivity index (χ4n) is 4.97. The third-order valence-corrected chi connectivity index (χ3v) is 9.62. The van der Waals surface area contributed by atoms with Gasteiger partial charge >= 0.3 is 0 Å². The summed E-state index contributed by atoms with van der Waals surface area (Å²) in [4.78, 5) is 28.7. The number of carbonyl (C=O) groups is 2. The van der Waals surface area contributed by atoms with E-state index in [1.807, 2.05) is 0 Å². The van der Waals surface area contributed by atoms with Crippen LogP contribution in [0.1, 0.15) is 44.6 Å². The largest absolute Gasteiger partial charge is 0.497 e. The topological polar surface area (TPSA) is 96.0 Å². The number of amides is 2. The fourth-order valence-corrected chi connectivity index (χ4v) is 6.58. The van der Waals surface area contributed by atoms with Gasteiger partial charge in [0, 0.05) is 17.6 Å². The molecular formula is C31H35ClFN3O5S. The molecule has 42 heavy (non-hydrogen) atoms. The summed E-state index contributed by atoms with van der Waals surface area (Å²) >= 11 is 6.42. The maximum absolute atomic E-state index is 14.0. The highest BCUT2D eigenvalue weighted by Gasteiger charge is 2.33. The molecular weight excluding hydrogens is 581 g/mol. The van der Waals surface area contributed by atoms with Crippen LogP contribution in [0.15, 0.2) is 77.7 Å². The molecule has 0 heterocycles. The highest BCUT2D eigenvalue weighted by Crippen LogP contribution is 2.27. The Morgan fingerprint density at radius 2 is 1.64 bits per heavy atom. The smallest absolute Gasteiger partial charge is 0.264 e. The molecule has 11 heteroatoms. The molecule has 0 unspecified atom stereocenters. The van der Waals surface area contributed by atoms with Crippen LogP contribution in [-0.4, -0.2) is 50.9 Å². The number of halogens is 2. The Bertz CT molecular complexity index is 1480. The molecule has 1 fully saturated rings. The molecule has 0 aliphatic heterocycles. The highest BCUT2D eigenvalue weighted by molar-refractivity contribution is 7.92. The molecule has 8 nitrogen and oxygen atoms in total. The zero-order chi connectivity index (χ0) is 30.3. The third kappa shape index (κ3) is 7.60. The number of sulfonamides is 1. The lowest BCUT2D eigenvalue weighted by atomic mass is 9.95. The number of benzene rings is 3. The van der Waals surface area contributed by atoms with Crippen LogP contribution in [0.5, 0.6) is 5.75 Å². The second-order valence-electron chi connectivity index (χ2n) is 10.3. The first-order chi connectivity index (χ1) is 20.1. The molecule has 1 saturated carbocycles. The summed E-state index contributed by atoms with van der Waals surface area (Å²) in [5.74, 6) is -1.04. The number of nitrogens with zero attached hydrogens (tertiary/aromatic N) is 2. The predicted molar refractivity (Wildman–Crippen MR) is 160 cm³/mol. The molecule has 1 N–H and O–H groups in total. The summed E-state index contributed by atoms with van der Waals surface area (Å²) in [5.41, 5.74) is 0.703. The van der Waals surface area contributed by atoms with Crippen molar-refractivity contribution in [1.29, 1.82) is 0 Å². The molecule has 2 amide bonds. The van der Waals surface area contributed by atoms with Gasteiger partial charge in [-0.15, -0.1) is 0 Å². The molecule has 4 rings (SSSR count). The summed E-state index contributed by atoms with van der Waals surface area (Å²) in [6, 6.07) is 16.6. The predicted octanol–water partition coefficient (Wildman–Crippen LogP) is 5.55. The van der Waals surface area contributed by atoms with Crippen molar-refractivity contribution in [3.05, 3.63) is 89.2 Å². The van der Waals surface area contributed by atoms with Gasteiger partial charge in [-0.2, -0.15) is 0 Å². The van der Waals surface area contributed by atoms with Crippen molar-refractivity contribution in [1.82, 2.24) is 10.2 Å². The number of methoxy groups -OCH3 is 1. The maximum atomic E-state index is 14.0. The molecule has 0 aromatic heterocycles. The minimum absolute atomic E-state index is 0.0163. The minimum Gasteiger partial charge on any atom is -0.497 e. The van der Waals surface area contributed by atoms with Crippen LogP contribution in [0.2, 0.25) is 5.02 Å².